The lowest BCUT2D eigenvalue weighted by Crippen LogP contribution is -2.48. The molecule has 158 valence electrons. The van der Waals surface area contributed by atoms with Gasteiger partial charge < -0.3 is 19.7 Å². The maximum absolute atomic E-state index is 13.6. The Balaban J connectivity index is 2.12. The van der Waals surface area contributed by atoms with Gasteiger partial charge in [0, 0.05) is 23.7 Å². The van der Waals surface area contributed by atoms with Gasteiger partial charge in [-0.1, -0.05) is 12.1 Å². The number of hydrogen-bond donors (Lipinski definition) is 1. The minimum Gasteiger partial charge on any atom is -0.497 e. The average Bonchev–Trinajstić information content (AvgIpc) is 2.68. The molecule has 0 saturated heterocycles. The first-order chi connectivity index (χ1) is 13.7. The molecule has 1 N–H and O–H groups in total. The summed E-state index contributed by atoms with van der Waals surface area (Å²) in [5.74, 6) is 1.09. The fourth-order valence-electron chi connectivity index (χ4n) is 3.14. The Morgan fingerprint density at radius 3 is 2.45 bits per heavy atom. The molecule has 0 fully saturated rings. The third-order valence-electron chi connectivity index (χ3n) is 4.80. The first-order valence-electron chi connectivity index (χ1n) is 9.66. The number of carbonyl (C=O) groups is 1. The first-order valence-corrected chi connectivity index (χ1v) is 9.66. The van der Waals surface area contributed by atoms with E-state index in [-0.39, 0.29) is 24.3 Å². The van der Waals surface area contributed by atoms with Crippen LogP contribution in [0.4, 0.5) is 4.39 Å². The number of halogens is 1. The summed E-state index contributed by atoms with van der Waals surface area (Å²) in [6, 6.07) is 11.8. The van der Waals surface area contributed by atoms with Crippen molar-refractivity contribution in [2.45, 2.75) is 45.8 Å². The third kappa shape index (κ3) is 6.19. The quantitative estimate of drug-likeness (QED) is 0.714. The highest BCUT2D eigenvalue weighted by Crippen LogP contribution is 2.29. The van der Waals surface area contributed by atoms with Crippen LogP contribution in [0.15, 0.2) is 42.5 Å². The second kappa shape index (κ2) is 9.74. The SMILES string of the molecule is COc1ccc(OC)c(C(C)NCC(=O)N(Cc2cccc(F)c2)C(C)(C)C)c1. The second-order valence-electron chi connectivity index (χ2n) is 7.99. The van der Waals surface area contributed by atoms with Gasteiger partial charge in [-0.05, 0) is 63.6 Å². The van der Waals surface area contributed by atoms with Crippen LogP contribution < -0.4 is 14.8 Å². The summed E-state index contributed by atoms with van der Waals surface area (Å²) >= 11 is 0. The van der Waals surface area contributed by atoms with Crippen LogP contribution in [0, 0.1) is 5.82 Å². The van der Waals surface area contributed by atoms with Crippen molar-refractivity contribution in [3.63, 3.8) is 0 Å². The van der Waals surface area contributed by atoms with Crippen molar-refractivity contribution in [1.82, 2.24) is 10.2 Å². The predicted molar refractivity (Wildman–Crippen MR) is 113 cm³/mol. The summed E-state index contributed by atoms with van der Waals surface area (Å²) < 4.78 is 24.3. The van der Waals surface area contributed by atoms with Crippen LogP contribution in [-0.2, 0) is 11.3 Å². The van der Waals surface area contributed by atoms with Crippen molar-refractivity contribution in [2.24, 2.45) is 0 Å². The number of hydrogen-bond acceptors (Lipinski definition) is 4. The van der Waals surface area contributed by atoms with Crippen molar-refractivity contribution in [3.05, 3.63) is 59.4 Å². The summed E-state index contributed by atoms with van der Waals surface area (Å²) in [6.45, 7) is 8.38. The van der Waals surface area contributed by atoms with Gasteiger partial charge in [-0.2, -0.15) is 0 Å². The molecule has 1 amide bonds. The van der Waals surface area contributed by atoms with Crippen molar-refractivity contribution >= 4 is 5.91 Å². The van der Waals surface area contributed by atoms with Crippen molar-refractivity contribution < 1.29 is 18.7 Å². The maximum atomic E-state index is 13.6. The van der Waals surface area contributed by atoms with E-state index >= 15 is 0 Å². The molecule has 0 spiro atoms. The second-order valence-corrected chi connectivity index (χ2v) is 7.99. The fraction of sp³-hybridized carbons (Fsp3) is 0.435. The molecule has 0 aliphatic carbocycles. The molecule has 29 heavy (non-hydrogen) atoms. The maximum Gasteiger partial charge on any atom is 0.237 e. The van der Waals surface area contributed by atoms with Gasteiger partial charge in [0.25, 0.3) is 0 Å². The molecule has 0 heterocycles. The molecule has 5 nitrogen and oxygen atoms in total. The van der Waals surface area contributed by atoms with Crippen LogP contribution in [0.1, 0.15) is 44.9 Å². The zero-order chi connectivity index (χ0) is 21.6. The van der Waals surface area contributed by atoms with Crippen molar-refractivity contribution in [2.75, 3.05) is 20.8 Å². The minimum absolute atomic E-state index is 0.0597. The Bertz CT molecular complexity index is 833. The summed E-state index contributed by atoms with van der Waals surface area (Å²) in [5.41, 5.74) is 1.27. The summed E-state index contributed by atoms with van der Waals surface area (Å²) in [5, 5.41) is 3.27. The molecule has 0 bridgehead atoms. The van der Waals surface area contributed by atoms with E-state index < -0.39 is 5.54 Å². The predicted octanol–water partition coefficient (Wildman–Crippen LogP) is 4.32. The number of nitrogens with one attached hydrogen (secondary N) is 1. The number of amides is 1. The zero-order valence-corrected chi connectivity index (χ0v) is 18.1. The lowest BCUT2D eigenvalue weighted by molar-refractivity contribution is -0.135. The summed E-state index contributed by atoms with van der Waals surface area (Å²) in [6.07, 6.45) is 0. The van der Waals surface area contributed by atoms with E-state index in [2.05, 4.69) is 5.32 Å². The van der Waals surface area contributed by atoms with E-state index in [9.17, 15) is 9.18 Å². The third-order valence-corrected chi connectivity index (χ3v) is 4.80. The van der Waals surface area contributed by atoms with E-state index in [1.54, 1.807) is 25.2 Å². The van der Waals surface area contributed by atoms with Gasteiger partial charge in [0.15, 0.2) is 0 Å². The number of benzene rings is 2. The largest absolute Gasteiger partial charge is 0.497 e. The van der Waals surface area contributed by atoms with Gasteiger partial charge in [0.1, 0.15) is 17.3 Å². The zero-order valence-electron chi connectivity index (χ0n) is 18.1. The summed E-state index contributed by atoms with van der Waals surface area (Å²) in [7, 11) is 3.23. The molecule has 0 aliphatic rings. The molecule has 1 atom stereocenters. The molecular weight excluding hydrogens is 371 g/mol. The Kier molecular flexibility index (Phi) is 7.62. The van der Waals surface area contributed by atoms with E-state index in [1.807, 2.05) is 52.0 Å². The van der Waals surface area contributed by atoms with Crippen LogP contribution in [-0.4, -0.2) is 37.1 Å². The molecule has 0 aromatic heterocycles. The molecule has 2 aromatic carbocycles. The number of carbonyl (C=O) groups excluding carboxylic acids is 1. The van der Waals surface area contributed by atoms with Gasteiger partial charge >= 0.3 is 0 Å². The highest BCUT2D eigenvalue weighted by atomic mass is 19.1. The van der Waals surface area contributed by atoms with Gasteiger partial charge in [0.05, 0.1) is 20.8 Å². The van der Waals surface area contributed by atoms with Crippen molar-refractivity contribution in [1.29, 1.82) is 0 Å². The van der Waals surface area contributed by atoms with E-state index in [0.29, 0.717) is 6.54 Å². The summed E-state index contributed by atoms with van der Waals surface area (Å²) in [4.78, 5) is 14.8. The Morgan fingerprint density at radius 1 is 1.14 bits per heavy atom. The topological polar surface area (TPSA) is 50.8 Å². The molecule has 0 saturated carbocycles. The van der Waals surface area contributed by atoms with E-state index in [0.717, 1.165) is 22.6 Å². The van der Waals surface area contributed by atoms with Gasteiger partial charge in [-0.3, -0.25) is 4.79 Å². The van der Waals surface area contributed by atoms with Crippen LogP contribution in [0.25, 0.3) is 0 Å². The van der Waals surface area contributed by atoms with Crippen LogP contribution in [0.3, 0.4) is 0 Å². The van der Waals surface area contributed by atoms with Gasteiger partial charge in [-0.25, -0.2) is 4.39 Å². The molecule has 1 unspecified atom stereocenters. The standard InChI is InChI=1S/C23H31FN2O3/c1-16(20-13-19(28-5)10-11-21(20)29-6)25-14-22(27)26(23(2,3)4)15-17-8-7-9-18(24)12-17/h7-13,16,25H,14-15H2,1-6H3. The molecule has 0 aliphatic heterocycles. The highest BCUT2D eigenvalue weighted by Gasteiger charge is 2.27. The number of rotatable bonds is 8. The average molecular weight is 403 g/mol. The normalized spacial score (nSPS) is 12.4. The molecule has 2 aromatic rings. The van der Waals surface area contributed by atoms with E-state index in [1.165, 1.54) is 12.1 Å². The van der Waals surface area contributed by atoms with Crippen LogP contribution in [0.2, 0.25) is 0 Å². The van der Waals surface area contributed by atoms with Gasteiger partial charge in [-0.15, -0.1) is 0 Å². The van der Waals surface area contributed by atoms with Crippen molar-refractivity contribution in [3.8, 4) is 11.5 Å². The molecule has 2 rings (SSSR count). The number of ether oxygens (including phenoxy) is 2. The smallest absolute Gasteiger partial charge is 0.237 e. The minimum atomic E-state index is -0.401. The monoisotopic (exact) mass is 402 g/mol. The molecule has 6 heteroatoms. The lowest BCUT2D eigenvalue weighted by atomic mass is 10.0. The Labute approximate surface area is 172 Å². The van der Waals surface area contributed by atoms with E-state index in [4.69, 9.17) is 9.47 Å². The number of nitrogens with zero attached hydrogens (tertiary/aromatic N) is 1. The molecular formula is C23H31FN2O3. The lowest BCUT2D eigenvalue weighted by Gasteiger charge is -2.36. The highest BCUT2D eigenvalue weighted by molar-refractivity contribution is 5.79. The van der Waals surface area contributed by atoms with Crippen LogP contribution in [0.5, 0.6) is 11.5 Å². The van der Waals surface area contributed by atoms with Crippen LogP contribution >= 0.6 is 0 Å². The Morgan fingerprint density at radius 2 is 1.86 bits per heavy atom. The molecule has 0 radical (unpaired) electrons. The fourth-order valence-corrected chi connectivity index (χ4v) is 3.14. The Hall–Kier alpha value is -2.60. The van der Waals surface area contributed by atoms with Gasteiger partial charge in [0.2, 0.25) is 5.91 Å². The first kappa shape index (κ1) is 22.7. The number of methoxy groups -OCH3 is 2.